The van der Waals surface area contributed by atoms with E-state index >= 15 is 0 Å². The summed E-state index contributed by atoms with van der Waals surface area (Å²) in [6.07, 6.45) is 1.48. The van der Waals surface area contributed by atoms with Crippen LogP contribution in [0.15, 0.2) is 60.9 Å². The Bertz CT molecular complexity index is 927. The van der Waals surface area contributed by atoms with Gasteiger partial charge in [-0.15, -0.1) is 0 Å². The van der Waals surface area contributed by atoms with Gasteiger partial charge in [0.15, 0.2) is 0 Å². The third-order valence-corrected chi connectivity index (χ3v) is 3.91. The third kappa shape index (κ3) is 5.04. The van der Waals surface area contributed by atoms with Gasteiger partial charge >= 0.3 is 5.97 Å². The van der Waals surface area contributed by atoms with Crippen LogP contribution in [-0.4, -0.2) is 22.5 Å². The van der Waals surface area contributed by atoms with Crippen LogP contribution in [0, 0.1) is 6.92 Å². The van der Waals surface area contributed by atoms with Gasteiger partial charge in [0.05, 0.1) is 17.9 Å². The van der Waals surface area contributed by atoms with E-state index in [0.717, 1.165) is 0 Å². The molecular formula is C21H22N4O2. The summed E-state index contributed by atoms with van der Waals surface area (Å²) < 4.78 is 5.10. The lowest BCUT2D eigenvalue weighted by atomic mass is 10.1. The summed E-state index contributed by atoms with van der Waals surface area (Å²) in [4.78, 5) is 20.6. The molecular weight excluding hydrogens is 340 g/mol. The van der Waals surface area contributed by atoms with Gasteiger partial charge in [0.25, 0.3) is 0 Å². The highest BCUT2D eigenvalue weighted by molar-refractivity contribution is 5.96. The minimum absolute atomic E-state index is 0.327. The van der Waals surface area contributed by atoms with Crippen molar-refractivity contribution in [3.8, 4) is 0 Å². The van der Waals surface area contributed by atoms with Crippen molar-refractivity contribution in [1.82, 2.24) is 9.97 Å². The molecule has 6 nitrogen and oxygen atoms in total. The number of esters is 1. The molecule has 0 fully saturated rings. The fourth-order valence-electron chi connectivity index (χ4n) is 2.65. The maximum Gasteiger partial charge on any atom is 0.340 e. The lowest BCUT2D eigenvalue weighted by Crippen LogP contribution is -2.08. The van der Waals surface area contributed by atoms with Crippen molar-refractivity contribution >= 4 is 23.3 Å². The van der Waals surface area contributed by atoms with Gasteiger partial charge in [-0.05, 0) is 31.5 Å². The minimum Gasteiger partial charge on any atom is -0.462 e. The van der Waals surface area contributed by atoms with Gasteiger partial charge < -0.3 is 15.4 Å². The molecule has 0 atom stereocenters. The summed E-state index contributed by atoms with van der Waals surface area (Å²) in [5.74, 6) is 0.920. The smallest absolute Gasteiger partial charge is 0.340 e. The van der Waals surface area contributed by atoms with Gasteiger partial charge in [-0.1, -0.05) is 42.0 Å². The van der Waals surface area contributed by atoms with Crippen LogP contribution in [0.25, 0.3) is 0 Å². The zero-order valence-corrected chi connectivity index (χ0v) is 15.4. The first-order chi connectivity index (χ1) is 13.2. The zero-order valence-electron chi connectivity index (χ0n) is 15.4. The van der Waals surface area contributed by atoms with E-state index in [-0.39, 0.29) is 5.97 Å². The molecule has 0 aliphatic heterocycles. The van der Waals surface area contributed by atoms with Crippen molar-refractivity contribution < 1.29 is 9.53 Å². The fraction of sp³-hybridized carbons (Fsp3) is 0.190. The van der Waals surface area contributed by atoms with Gasteiger partial charge in [0, 0.05) is 12.6 Å². The van der Waals surface area contributed by atoms with Crippen molar-refractivity contribution in [2.24, 2.45) is 0 Å². The number of para-hydroxylation sites is 1. The van der Waals surface area contributed by atoms with Crippen molar-refractivity contribution in [1.29, 1.82) is 0 Å². The Balaban J connectivity index is 1.72. The molecule has 1 heterocycles. The Morgan fingerprint density at radius 1 is 1.04 bits per heavy atom. The van der Waals surface area contributed by atoms with E-state index in [1.807, 2.05) is 18.2 Å². The fourth-order valence-corrected chi connectivity index (χ4v) is 2.65. The number of hydrogen-bond acceptors (Lipinski definition) is 6. The van der Waals surface area contributed by atoms with Crippen LogP contribution < -0.4 is 10.6 Å². The Hall–Kier alpha value is -3.41. The van der Waals surface area contributed by atoms with Crippen LogP contribution in [-0.2, 0) is 11.3 Å². The summed E-state index contributed by atoms with van der Waals surface area (Å²) in [5, 5.41) is 6.46. The zero-order chi connectivity index (χ0) is 19.1. The SMILES string of the molecule is CCOC(=O)c1ccccc1Nc1cc(NCc2cccc(C)c2)ncn1. The molecule has 0 amide bonds. The summed E-state index contributed by atoms with van der Waals surface area (Å²) >= 11 is 0. The molecule has 27 heavy (non-hydrogen) atoms. The van der Waals surface area contributed by atoms with Gasteiger partial charge in [0.1, 0.15) is 18.0 Å². The molecule has 0 spiro atoms. The highest BCUT2D eigenvalue weighted by atomic mass is 16.5. The number of carbonyl (C=O) groups excluding carboxylic acids is 1. The number of benzene rings is 2. The van der Waals surface area contributed by atoms with E-state index in [9.17, 15) is 4.79 Å². The normalized spacial score (nSPS) is 10.3. The monoisotopic (exact) mass is 362 g/mol. The molecule has 2 N–H and O–H groups in total. The van der Waals surface area contributed by atoms with E-state index in [0.29, 0.717) is 36.0 Å². The van der Waals surface area contributed by atoms with E-state index in [1.165, 1.54) is 17.5 Å². The first-order valence-electron chi connectivity index (χ1n) is 8.80. The van der Waals surface area contributed by atoms with Gasteiger partial charge in [-0.2, -0.15) is 0 Å². The molecule has 6 heteroatoms. The van der Waals surface area contributed by atoms with Crippen molar-refractivity contribution in [2.45, 2.75) is 20.4 Å². The molecule has 1 aromatic heterocycles. The molecule has 0 saturated carbocycles. The third-order valence-electron chi connectivity index (χ3n) is 3.91. The van der Waals surface area contributed by atoms with Crippen molar-refractivity contribution in [2.75, 3.05) is 17.2 Å². The average Bonchev–Trinajstić information content (AvgIpc) is 2.67. The molecule has 0 radical (unpaired) electrons. The summed E-state index contributed by atoms with van der Waals surface area (Å²) in [5.41, 5.74) is 3.50. The first-order valence-corrected chi connectivity index (χ1v) is 8.80. The predicted molar refractivity (Wildman–Crippen MR) is 106 cm³/mol. The Labute approximate surface area is 158 Å². The van der Waals surface area contributed by atoms with Crippen LogP contribution in [0.5, 0.6) is 0 Å². The number of nitrogens with zero attached hydrogens (tertiary/aromatic N) is 2. The highest BCUT2D eigenvalue weighted by Gasteiger charge is 2.12. The second kappa shape index (κ2) is 8.80. The maximum absolute atomic E-state index is 12.1. The average molecular weight is 362 g/mol. The quantitative estimate of drug-likeness (QED) is 0.610. The molecule has 0 unspecified atom stereocenters. The molecule has 0 saturated heterocycles. The van der Waals surface area contributed by atoms with E-state index in [2.05, 4.69) is 45.7 Å². The number of nitrogens with one attached hydrogen (secondary N) is 2. The lowest BCUT2D eigenvalue weighted by Gasteiger charge is -2.12. The topological polar surface area (TPSA) is 76.1 Å². The number of hydrogen-bond donors (Lipinski definition) is 2. The number of carbonyl (C=O) groups is 1. The minimum atomic E-state index is -0.368. The Morgan fingerprint density at radius 2 is 1.85 bits per heavy atom. The molecule has 2 aromatic carbocycles. The number of aryl methyl sites for hydroxylation is 1. The maximum atomic E-state index is 12.1. The van der Waals surface area contributed by atoms with Crippen molar-refractivity contribution in [3.63, 3.8) is 0 Å². The van der Waals surface area contributed by atoms with Gasteiger partial charge in [-0.25, -0.2) is 14.8 Å². The van der Waals surface area contributed by atoms with E-state index < -0.39 is 0 Å². The summed E-state index contributed by atoms with van der Waals surface area (Å²) in [6.45, 7) is 4.84. The second-order valence-corrected chi connectivity index (χ2v) is 6.02. The van der Waals surface area contributed by atoms with Gasteiger partial charge in [0.2, 0.25) is 0 Å². The molecule has 138 valence electrons. The number of anilines is 3. The van der Waals surface area contributed by atoms with Crippen LogP contribution >= 0.6 is 0 Å². The van der Waals surface area contributed by atoms with E-state index in [1.54, 1.807) is 25.1 Å². The predicted octanol–water partition coefficient (Wildman–Crippen LogP) is 4.32. The molecule has 0 aliphatic rings. The number of rotatable bonds is 7. The van der Waals surface area contributed by atoms with Crippen LogP contribution in [0.3, 0.4) is 0 Å². The van der Waals surface area contributed by atoms with Crippen LogP contribution in [0.1, 0.15) is 28.4 Å². The van der Waals surface area contributed by atoms with Gasteiger partial charge in [-0.3, -0.25) is 0 Å². The lowest BCUT2D eigenvalue weighted by molar-refractivity contribution is 0.0527. The highest BCUT2D eigenvalue weighted by Crippen LogP contribution is 2.21. The van der Waals surface area contributed by atoms with E-state index in [4.69, 9.17) is 4.74 Å². The van der Waals surface area contributed by atoms with Crippen molar-refractivity contribution in [3.05, 3.63) is 77.6 Å². The summed E-state index contributed by atoms with van der Waals surface area (Å²) in [7, 11) is 0. The second-order valence-electron chi connectivity index (χ2n) is 6.02. The number of ether oxygens (including phenoxy) is 1. The first kappa shape index (κ1) is 18.4. The molecule has 3 aromatic rings. The Kier molecular flexibility index (Phi) is 5.99. The molecule has 3 rings (SSSR count). The molecule has 0 bridgehead atoms. The van der Waals surface area contributed by atoms with Crippen LogP contribution in [0.2, 0.25) is 0 Å². The van der Waals surface area contributed by atoms with Crippen LogP contribution in [0.4, 0.5) is 17.3 Å². The summed E-state index contributed by atoms with van der Waals surface area (Å²) in [6, 6.07) is 17.3. The largest absolute Gasteiger partial charge is 0.462 e. The standard InChI is InChI=1S/C21H22N4O2/c1-3-27-21(26)17-9-4-5-10-18(17)25-20-12-19(23-14-24-20)22-13-16-8-6-7-15(2)11-16/h4-12,14H,3,13H2,1-2H3,(H2,22,23,24,25). The number of aromatic nitrogens is 2. The molecule has 0 aliphatic carbocycles. The Morgan fingerprint density at radius 3 is 2.67 bits per heavy atom.